The smallest absolute Gasteiger partial charge is 0.315 e. The zero-order valence-corrected chi connectivity index (χ0v) is 12.7. The summed E-state index contributed by atoms with van der Waals surface area (Å²) in [4.78, 5) is 25.0. The fourth-order valence-corrected chi connectivity index (χ4v) is 2.49. The van der Waals surface area contributed by atoms with E-state index in [1.54, 1.807) is 11.9 Å². The number of hydrogen-bond donors (Lipinski definition) is 2. The van der Waals surface area contributed by atoms with Crippen LogP contribution >= 0.6 is 0 Å². The van der Waals surface area contributed by atoms with Crippen molar-refractivity contribution in [2.24, 2.45) is 0 Å². The second-order valence-corrected chi connectivity index (χ2v) is 5.41. The Hall–Kier alpha value is -2.05. The third kappa shape index (κ3) is 3.74. The van der Waals surface area contributed by atoms with Crippen LogP contribution in [0.25, 0.3) is 0 Å². The van der Waals surface area contributed by atoms with Crippen LogP contribution in [-0.4, -0.2) is 48.2 Å². The highest BCUT2D eigenvalue weighted by Gasteiger charge is 2.29. The molecule has 1 aromatic rings. The van der Waals surface area contributed by atoms with Crippen molar-refractivity contribution in [2.75, 3.05) is 20.1 Å². The first-order valence-electron chi connectivity index (χ1n) is 7.20. The summed E-state index contributed by atoms with van der Waals surface area (Å²) < 4.78 is 5.09. The maximum absolute atomic E-state index is 11.7. The lowest BCUT2D eigenvalue weighted by Crippen LogP contribution is -2.45. The van der Waals surface area contributed by atoms with E-state index in [1.165, 1.54) is 0 Å². The van der Waals surface area contributed by atoms with Crippen LogP contribution in [0.4, 0.5) is 4.79 Å². The number of hydrogen-bond acceptors (Lipinski definition) is 4. The molecule has 1 atom stereocenters. The van der Waals surface area contributed by atoms with E-state index in [9.17, 15) is 9.59 Å². The van der Waals surface area contributed by atoms with Gasteiger partial charge in [-0.25, -0.2) is 4.79 Å². The maximum Gasteiger partial charge on any atom is 0.315 e. The molecule has 1 aromatic heterocycles. The van der Waals surface area contributed by atoms with Crippen molar-refractivity contribution in [1.82, 2.24) is 20.7 Å². The van der Waals surface area contributed by atoms with Crippen LogP contribution < -0.4 is 10.6 Å². The van der Waals surface area contributed by atoms with Gasteiger partial charge in [0, 0.05) is 25.7 Å². The fourth-order valence-electron chi connectivity index (χ4n) is 2.49. The van der Waals surface area contributed by atoms with Crippen LogP contribution in [0.3, 0.4) is 0 Å². The molecule has 1 saturated heterocycles. The summed E-state index contributed by atoms with van der Waals surface area (Å²) in [6.07, 6.45) is 2.28. The fraction of sp³-hybridized carbons (Fsp3) is 0.643. The molecule has 1 unspecified atom stereocenters. The molecule has 0 aromatic carbocycles. The van der Waals surface area contributed by atoms with Crippen LogP contribution in [0, 0.1) is 13.8 Å². The van der Waals surface area contributed by atoms with Crippen molar-refractivity contribution in [3.8, 4) is 0 Å². The Labute approximate surface area is 124 Å². The molecule has 2 N–H and O–H groups in total. The largest absolute Gasteiger partial charge is 0.361 e. The first-order valence-corrected chi connectivity index (χ1v) is 7.20. The number of likely N-dealkylation sites (tertiary alicyclic amines) is 1. The van der Waals surface area contributed by atoms with Crippen LogP contribution in [0.15, 0.2) is 4.52 Å². The van der Waals surface area contributed by atoms with Crippen molar-refractivity contribution in [1.29, 1.82) is 0 Å². The molecule has 1 aliphatic heterocycles. The van der Waals surface area contributed by atoms with E-state index in [-0.39, 0.29) is 11.9 Å². The number of urea groups is 1. The topological polar surface area (TPSA) is 87.5 Å². The van der Waals surface area contributed by atoms with Gasteiger partial charge in [-0.3, -0.25) is 4.79 Å². The molecule has 21 heavy (non-hydrogen) atoms. The lowest BCUT2D eigenvalue weighted by molar-refractivity contribution is -0.128. The normalized spacial score (nSPS) is 18.1. The number of nitrogens with one attached hydrogen (secondary N) is 2. The van der Waals surface area contributed by atoms with Crippen molar-refractivity contribution in [3.63, 3.8) is 0 Å². The standard InChI is InChI=1S/C14H22N4O3/c1-9-11(10(2)21-17-9)5-4-7-15-14(20)16-12-6-8-18(3)13(12)19/h12H,4-8H2,1-3H3,(H2,15,16,20). The third-order valence-electron chi connectivity index (χ3n) is 3.80. The van der Waals surface area contributed by atoms with Crippen LogP contribution in [0.2, 0.25) is 0 Å². The monoisotopic (exact) mass is 294 g/mol. The van der Waals surface area contributed by atoms with Crippen molar-refractivity contribution < 1.29 is 14.1 Å². The Morgan fingerprint density at radius 2 is 2.24 bits per heavy atom. The predicted octanol–water partition coefficient (Wildman–Crippen LogP) is 0.754. The third-order valence-corrected chi connectivity index (χ3v) is 3.80. The molecule has 1 fully saturated rings. The molecule has 0 bridgehead atoms. The van der Waals surface area contributed by atoms with E-state index in [1.807, 2.05) is 13.8 Å². The van der Waals surface area contributed by atoms with Crippen LogP contribution in [0.5, 0.6) is 0 Å². The molecule has 2 rings (SSSR count). The zero-order chi connectivity index (χ0) is 15.4. The first kappa shape index (κ1) is 15.3. The molecule has 7 heteroatoms. The number of likely N-dealkylation sites (N-methyl/N-ethyl adjacent to an activating group) is 1. The SMILES string of the molecule is Cc1noc(C)c1CCCNC(=O)NC1CCN(C)C1=O. The summed E-state index contributed by atoms with van der Waals surface area (Å²) in [5, 5.41) is 9.37. The number of nitrogens with zero attached hydrogens (tertiary/aromatic N) is 2. The van der Waals surface area contributed by atoms with E-state index in [4.69, 9.17) is 4.52 Å². The van der Waals surface area contributed by atoms with E-state index in [2.05, 4.69) is 15.8 Å². The molecule has 2 heterocycles. The summed E-state index contributed by atoms with van der Waals surface area (Å²) in [5.74, 6) is 0.803. The Kier molecular flexibility index (Phi) is 4.82. The van der Waals surface area contributed by atoms with Gasteiger partial charge in [0.15, 0.2) is 0 Å². The highest BCUT2D eigenvalue weighted by atomic mass is 16.5. The van der Waals surface area contributed by atoms with Crippen molar-refractivity contribution in [2.45, 2.75) is 39.2 Å². The Balaban J connectivity index is 1.67. The highest BCUT2D eigenvalue weighted by molar-refractivity contribution is 5.88. The molecule has 116 valence electrons. The Bertz CT molecular complexity index is 507. The van der Waals surface area contributed by atoms with E-state index >= 15 is 0 Å². The molecule has 7 nitrogen and oxygen atoms in total. The average molecular weight is 294 g/mol. The van der Waals surface area contributed by atoms with E-state index in [0.29, 0.717) is 19.5 Å². The second-order valence-electron chi connectivity index (χ2n) is 5.41. The van der Waals surface area contributed by atoms with Crippen LogP contribution in [-0.2, 0) is 11.2 Å². The average Bonchev–Trinajstić information content (AvgIpc) is 2.93. The Morgan fingerprint density at radius 3 is 2.81 bits per heavy atom. The van der Waals surface area contributed by atoms with Gasteiger partial charge in [-0.05, 0) is 33.1 Å². The summed E-state index contributed by atoms with van der Waals surface area (Å²) in [5.41, 5.74) is 2.00. The van der Waals surface area contributed by atoms with Gasteiger partial charge in [0.05, 0.1) is 5.69 Å². The molecular weight excluding hydrogens is 272 g/mol. The summed E-state index contributed by atoms with van der Waals surface area (Å²) in [7, 11) is 1.74. The molecular formula is C14H22N4O3. The number of carbonyl (C=O) groups is 2. The second kappa shape index (κ2) is 6.60. The quantitative estimate of drug-likeness (QED) is 0.785. The zero-order valence-electron chi connectivity index (χ0n) is 12.7. The lowest BCUT2D eigenvalue weighted by Gasteiger charge is -2.13. The van der Waals surface area contributed by atoms with Gasteiger partial charge in [-0.2, -0.15) is 0 Å². The lowest BCUT2D eigenvalue weighted by atomic mass is 10.1. The summed E-state index contributed by atoms with van der Waals surface area (Å²) >= 11 is 0. The number of aryl methyl sites for hydroxylation is 2. The van der Waals surface area contributed by atoms with Crippen molar-refractivity contribution >= 4 is 11.9 Å². The van der Waals surface area contributed by atoms with Gasteiger partial charge < -0.3 is 20.1 Å². The van der Waals surface area contributed by atoms with E-state index < -0.39 is 6.04 Å². The number of rotatable bonds is 5. The van der Waals surface area contributed by atoms with Gasteiger partial charge in [0.2, 0.25) is 5.91 Å². The minimum Gasteiger partial charge on any atom is -0.361 e. The minimum atomic E-state index is -0.391. The van der Waals surface area contributed by atoms with Crippen molar-refractivity contribution in [3.05, 3.63) is 17.0 Å². The van der Waals surface area contributed by atoms with Crippen LogP contribution in [0.1, 0.15) is 29.9 Å². The summed E-state index contributed by atoms with van der Waals surface area (Å²) in [6.45, 7) is 5.04. The highest BCUT2D eigenvalue weighted by Crippen LogP contribution is 2.13. The molecule has 0 saturated carbocycles. The maximum atomic E-state index is 11.7. The molecule has 0 spiro atoms. The van der Waals surface area contributed by atoms with Gasteiger partial charge >= 0.3 is 6.03 Å². The van der Waals surface area contributed by atoms with E-state index in [0.717, 1.165) is 29.9 Å². The number of amides is 3. The van der Waals surface area contributed by atoms with Gasteiger partial charge in [-0.15, -0.1) is 0 Å². The molecule has 0 aliphatic carbocycles. The minimum absolute atomic E-state index is 0.0270. The molecule has 3 amide bonds. The van der Waals surface area contributed by atoms with Gasteiger partial charge in [0.25, 0.3) is 0 Å². The van der Waals surface area contributed by atoms with Gasteiger partial charge in [-0.1, -0.05) is 5.16 Å². The Morgan fingerprint density at radius 1 is 1.48 bits per heavy atom. The predicted molar refractivity (Wildman–Crippen MR) is 76.9 cm³/mol. The molecule has 1 aliphatic rings. The number of carbonyl (C=O) groups excluding carboxylic acids is 2. The van der Waals surface area contributed by atoms with Gasteiger partial charge in [0.1, 0.15) is 11.8 Å². The molecule has 0 radical (unpaired) electrons. The summed E-state index contributed by atoms with van der Waals surface area (Å²) in [6, 6.07) is -0.681. The number of aromatic nitrogens is 1. The first-order chi connectivity index (χ1) is 9.99.